The topological polar surface area (TPSA) is 127 Å². The standard InChI is InChI=1S/C20H20ClN3O6S/c1-29-17-11-18(30-2)16(10-14(17)21)24-20(26)7-8-22-31(27,28)13-4-5-15-12(9-13)3-6-19(25)23-15/h3-6,9-11,22H,7-8H2,1-2H3,(H,23,25)(H,24,26). The molecular formula is C20H20ClN3O6S. The highest BCUT2D eigenvalue weighted by atomic mass is 35.5. The number of rotatable bonds is 8. The highest BCUT2D eigenvalue weighted by Gasteiger charge is 2.16. The van der Waals surface area contributed by atoms with E-state index in [2.05, 4.69) is 15.0 Å². The first-order valence-electron chi connectivity index (χ1n) is 9.07. The lowest BCUT2D eigenvalue weighted by molar-refractivity contribution is -0.116. The Morgan fingerprint density at radius 1 is 1.06 bits per heavy atom. The molecule has 0 unspecified atom stereocenters. The van der Waals surface area contributed by atoms with Crippen molar-refractivity contribution in [3.05, 3.63) is 57.8 Å². The summed E-state index contributed by atoms with van der Waals surface area (Å²) < 4.78 is 37.8. The van der Waals surface area contributed by atoms with E-state index in [9.17, 15) is 18.0 Å². The fourth-order valence-corrected chi connectivity index (χ4v) is 4.16. The van der Waals surface area contributed by atoms with Crippen molar-refractivity contribution in [1.29, 1.82) is 0 Å². The van der Waals surface area contributed by atoms with Crippen LogP contribution in [0.5, 0.6) is 11.5 Å². The zero-order valence-corrected chi connectivity index (χ0v) is 18.3. The van der Waals surface area contributed by atoms with Crippen LogP contribution < -0.4 is 25.1 Å². The van der Waals surface area contributed by atoms with Crippen LogP contribution in [-0.2, 0) is 14.8 Å². The lowest BCUT2D eigenvalue weighted by Crippen LogP contribution is -2.28. The maximum absolute atomic E-state index is 12.5. The number of benzene rings is 2. The van der Waals surface area contributed by atoms with Crippen molar-refractivity contribution in [2.45, 2.75) is 11.3 Å². The number of hydrogen-bond donors (Lipinski definition) is 3. The van der Waals surface area contributed by atoms with Crippen LogP contribution in [0.2, 0.25) is 5.02 Å². The number of hydrogen-bond acceptors (Lipinski definition) is 6. The van der Waals surface area contributed by atoms with Crippen LogP contribution in [0.25, 0.3) is 10.9 Å². The average Bonchev–Trinajstić information content (AvgIpc) is 2.73. The van der Waals surface area contributed by atoms with Crippen LogP contribution in [-0.4, -0.2) is 40.1 Å². The number of fused-ring (bicyclic) bond motifs is 1. The molecule has 31 heavy (non-hydrogen) atoms. The van der Waals surface area contributed by atoms with Gasteiger partial charge in [-0.05, 0) is 35.7 Å². The number of pyridine rings is 1. The Hall–Kier alpha value is -3.08. The Kier molecular flexibility index (Phi) is 6.84. The Labute approximate surface area is 183 Å². The molecule has 0 atom stereocenters. The number of carbonyl (C=O) groups is 1. The van der Waals surface area contributed by atoms with Gasteiger partial charge in [-0.2, -0.15) is 0 Å². The van der Waals surface area contributed by atoms with E-state index in [0.717, 1.165) is 0 Å². The summed E-state index contributed by atoms with van der Waals surface area (Å²) in [7, 11) is -0.949. The summed E-state index contributed by atoms with van der Waals surface area (Å²) in [5.74, 6) is 0.312. The molecule has 164 valence electrons. The number of aromatic amines is 1. The number of aromatic nitrogens is 1. The number of H-pyrrole nitrogens is 1. The fourth-order valence-electron chi connectivity index (χ4n) is 2.85. The first-order chi connectivity index (χ1) is 14.7. The van der Waals surface area contributed by atoms with E-state index < -0.39 is 15.9 Å². The number of carbonyl (C=O) groups excluding carboxylic acids is 1. The van der Waals surface area contributed by atoms with E-state index in [1.807, 2.05) is 0 Å². The van der Waals surface area contributed by atoms with Crippen LogP contribution in [0.3, 0.4) is 0 Å². The smallest absolute Gasteiger partial charge is 0.248 e. The highest BCUT2D eigenvalue weighted by molar-refractivity contribution is 7.89. The molecule has 0 fully saturated rings. The van der Waals surface area contributed by atoms with Gasteiger partial charge >= 0.3 is 0 Å². The number of amides is 1. The summed E-state index contributed by atoms with van der Waals surface area (Å²) in [6, 6.07) is 10.2. The van der Waals surface area contributed by atoms with Crippen LogP contribution in [0.15, 0.2) is 52.2 Å². The number of anilines is 1. The molecule has 9 nitrogen and oxygen atoms in total. The molecule has 3 rings (SSSR count). The van der Waals surface area contributed by atoms with Gasteiger partial charge in [-0.15, -0.1) is 0 Å². The van der Waals surface area contributed by atoms with Crippen molar-refractivity contribution in [3.8, 4) is 11.5 Å². The number of sulfonamides is 1. The van der Waals surface area contributed by atoms with Gasteiger partial charge in [0, 0.05) is 30.6 Å². The zero-order valence-electron chi connectivity index (χ0n) is 16.7. The molecule has 2 aromatic carbocycles. The van der Waals surface area contributed by atoms with Crippen LogP contribution in [0, 0.1) is 0 Å². The molecule has 0 radical (unpaired) electrons. The second-order valence-corrected chi connectivity index (χ2v) is 8.63. The predicted molar refractivity (Wildman–Crippen MR) is 118 cm³/mol. The maximum atomic E-state index is 12.5. The minimum atomic E-state index is -3.84. The van der Waals surface area contributed by atoms with Gasteiger partial charge in [0.25, 0.3) is 0 Å². The number of halogens is 1. The summed E-state index contributed by atoms with van der Waals surface area (Å²) in [6.07, 6.45) is -0.118. The van der Waals surface area contributed by atoms with Gasteiger partial charge in [0.2, 0.25) is 21.5 Å². The molecule has 1 aromatic heterocycles. The molecule has 0 aliphatic carbocycles. The lowest BCUT2D eigenvalue weighted by Gasteiger charge is -2.13. The van der Waals surface area contributed by atoms with Crippen LogP contribution >= 0.6 is 11.6 Å². The Morgan fingerprint density at radius 3 is 2.52 bits per heavy atom. The second kappa shape index (κ2) is 9.38. The first kappa shape index (κ1) is 22.6. The SMILES string of the molecule is COc1cc(OC)c(NC(=O)CCNS(=O)(=O)c2ccc3[nH]c(=O)ccc3c2)cc1Cl. The second-order valence-electron chi connectivity index (χ2n) is 6.45. The van der Waals surface area contributed by atoms with E-state index in [1.54, 1.807) is 0 Å². The monoisotopic (exact) mass is 465 g/mol. The third kappa shape index (κ3) is 5.35. The summed E-state index contributed by atoms with van der Waals surface area (Å²) in [5, 5.41) is 3.50. The zero-order chi connectivity index (χ0) is 22.6. The van der Waals surface area contributed by atoms with Crippen molar-refractivity contribution >= 4 is 44.1 Å². The molecule has 0 spiro atoms. The van der Waals surface area contributed by atoms with Crippen molar-refractivity contribution in [2.24, 2.45) is 0 Å². The molecule has 3 N–H and O–H groups in total. The van der Waals surface area contributed by atoms with Crippen molar-refractivity contribution < 1.29 is 22.7 Å². The first-order valence-corrected chi connectivity index (χ1v) is 10.9. The van der Waals surface area contributed by atoms with Crippen LogP contribution in [0.1, 0.15) is 6.42 Å². The Morgan fingerprint density at radius 2 is 1.81 bits per heavy atom. The molecule has 3 aromatic rings. The summed E-state index contributed by atoms with van der Waals surface area (Å²) in [5.41, 5.74) is 0.588. The number of nitrogens with one attached hydrogen (secondary N) is 3. The fraction of sp³-hybridized carbons (Fsp3) is 0.200. The third-order valence-electron chi connectivity index (χ3n) is 4.40. The van der Waals surface area contributed by atoms with Gasteiger partial charge in [-0.25, -0.2) is 13.1 Å². The minimum Gasteiger partial charge on any atom is -0.495 e. The van der Waals surface area contributed by atoms with Crippen molar-refractivity contribution in [1.82, 2.24) is 9.71 Å². The Balaban J connectivity index is 1.64. The predicted octanol–water partition coefficient (Wildman–Crippen LogP) is 2.51. The third-order valence-corrected chi connectivity index (χ3v) is 6.15. The van der Waals surface area contributed by atoms with E-state index in [-0.39, 0.29) is 28.4 Å². The molecular weight excluding hydrogens is 446 g/mol. The van der Waals surface area contributed by atoms with E-state index in [1.165, 1.54) is 56.7 Å². The van der Waals surface area contributed by atoms with E-state index in [0.29, 0.717) is 28.1 Å². The molecule has 11 heteroatoms. The normalized spacial score (nSPS) is 11.3. The molecule has 1 heterocycles. The average molecular weight is 466 g/mol. The summed E-state index contributed by atoms with van der Waals surface area (Å²) in [4.78, 5) is 26.3. The molecule has 0 aliphatic heterocycles. The Bertz CT molecular complexity index is 1290. The molecule has 0 aliphatic rings. The molecule has 0 bridgehead atoms. The van der Waals surface area contributed by atoms with Crippen molar-refractivity contribution in [2.75, 3.05) is 26.1 Å². The molecule has 0 saturated carbocycles. The van der Waals surface area contributed by atoms with Gasteiger partial charge in [0.15, 0.2) is 0 Å². The summed E-state index contributed by atoms with van der Waals surface area (Å²) in [6.45, 7) is -0.121. The van der Waals surface area contributed by atoms with Gasteiger partial charge < -0.3 is 19.8 Å². The quantitative estimate of drug-likeness (QED) is 0.469. The van der Waals surface area contributed by atoms with Gasteiger partial charge in [-0.3, -0.25) is 9.59 Å². The lowest BCUT2D eigenvalue weighted by atomic mass is 10.2. The number of methoxy groups -OCH3 is 2. The van der Waals surface area contributed by atoms with E-state index in [4.69, 9.17) is 21.1 Å². The largest absolute Gasteiger partial charge is 0.495 e. The highest BCUT2D eigenvalue weighted by Crippen LogP contribution is 2.35. The number of ether oxygens (including phenoxy) is 2. The van der Waals surface area contributed by atoms with E-state index >= 15 is 0 Å². The van der Waals surface area contributed by atoms with Gasteiger partial charge in [0.1, 0.15) is 11.5 Å². The van der Waals surface area contributed by atoms with Gasteiger partial charge in [-0.1, -0.05) is 11.6 Å². The summed E-state index contributed by atoms with van der Waals surface area (Å²) >= 11 is 6.08. The van der Waals surface area contributed by atoms with Gasteiger partial charge in [0.05, 0.1) is 29.8 Å². The maximum Gasteiger partial charge on any atom is 0.248 e. The molecule has 1 amide bonds. The molecule has 0 saturated heterocycles. The van der Waals surface area contributed by atoms with Crippen molar-refractivity contribution in [3.63, 3.8) is 0 Å². The minimum absolute atomic E-state index is 0.0241. The van der Waals surface area contributed by atoms with Crippen LogP contribution in [0.4, 0.5) is 5.69 Å².